The highest BCUT2D eigenvalue weighted by Crippen LogP contribution is 2.57. The third-order valence-corrected chi connectivity index (χ3v) is 6.80. The van der Waals surface area contributed by atoms with Crippen molar-refractivity contribution in [1.29, 1.82) is 5.26 Å². The molecule has 2 aliphatic carbocycles. The zero-order chi connectivity index (χ0) is 18.4. The summed E-state index contributed by atoms with van der Waals surface area (Å²) in [5.41, 5.74) is 1.53. The summed E-state index contributed by atoms with van der Waals surface area (Å²) >= 11 is 0. The van der Waals surface area contributed by atoms with E-state index in [0.29, 0.717) is 23.6 Å². The maximum atomic E-state index is 9.22. The second-order valence-corrected chi connectivity index (χ2v) is 8.12. The minimum Gasteiger partial charge on any atom is -0.379 e. The number of morpholine rings is 1. The van der Waals surface area contributed by atoms with E-state index in [-0.39, 0.29) is 0 Å². The molecule has 1 aliphatic heterocycles. The van der Waals surface area contributed by atoms with Crippen molar-refractivity contribution < 1.29 is 4.74 Å². The van der Waals surface area contributed by atoms with Gasteiger partial charge < -0.3 is 10.1 Å². The Kier molecular flexibility index (Phi) is 4.22. The summed E-state index contributed by atoms with van der Waals surface area (Å²) in [4.78, 5) is 11.5. The first kappa shape index (κ1) is 16.9. The Morgan fingerprint density at radius 3 is 2.85 bits per heavy atom. The number of nitriles is 1. The lowest BCUT2D eigenvalue weighted by Gasteiger charge is -2.38. The van der Waals surface area contributed by atoms with Gasteiger partial charge in [-0.3, -0.25) is 4.90 Å². The zero-order valence-corrected chi connectivity index (χ0v) is 15.6. The van der Waals surface area contributed by atoms with Gasteiger partial charge in [-0.1, -0.05) is 6.92 Å². The molecule has 3 fully saturated rings. The molecule has 140 valence electrons. The van der Waals surface area contributed by atoms with Gasteiger partial charge in [0.15, 0.2) is 0 Å². The van der Waals surface area contributed by atoms with Crippen molar-refractivity contribution in [3.05, 3.63) is 30.1 Å². The predicted octanol–water partition coefficient (Wildman–Crippen LogP) is 2.66. The van der Waals surface area contributed by atoms with Crippen molar-refractivity contribution in [2.45, 2.75) is 31.8 Å². The second kappa shape index (κ2) is 6.74. The van der Waals surface area contributed by atoms with E-state index in [2.05, 4.69) is 33.2 Å². The van der Waals surface area contributed by atoms with E-state index in [1.54, 1.807) is 6.33 Å². The summed E-state index contributed by atoms with van der Waals surface area (Å²) in [7, 11) is 0. The van der Waals surface area contributed by atoms with Crippen LogP contribution in [0.2, 0.25) is 0 Å². The molecule has 0 radical (unpaired) electrons. The minimum absolute atomic E-state index is 0.450. The van der Waals surface area contributed by atoms with Crippen LogP contribution < -0.4 is 5.32 Å². The maximum Gasteiger partial charge on any atom is 0.137 e. The highest BCUT2D eigenvalue weighted by molar-refractivity contribution is 5.89. The number of fused-ring (bicyclic) bond motifs is 2. The zero-order valence-electron chi connectivity index (χ0n) is 15.6. The fourth-order valence-corrected chi connectivity index (χ4v) is 5.42. The maximum absolute atomic E-state index is 9.22. The molecule has 27 heavy (non-hydrogen) atoms. The van der Waals surface area contributed by atoms with Gasteiger partial charge in [0.25, 0.3) is 0 Å². The molecule has 6 heteroatoms. The number of anilines is 1. The van der Waals surface area contributed by atoms with E-state index in [4.69, 9.17) is 4.74 Å². The van der Waals surface area contributed by atoms with E-state index in [1.165, 1.54) is 6.42 Å². The molecular formula is C21H25N5O. The lowest BCUT2D eigenvalue weighted by molar-refractivity contribution is 0.00346. The van der Waals surface area contributed by atoms with Crippen LogP contribution >= 0.6 is 0 Å². The van der Waals surface area contributed by atoms with Gasteiger partial charge in [-0.05, 0) is 48.8 Å². The molecular weight excluding hydrogens is 338 g/mol. The number of nitrogens with one attached hydrogen (secondary N) is 1. The summed E-state index contributed by atoms with van der Waals surface area (Å²) in [6.07, 6.45) is 4.01. The molecule has 1 aromatic heterocycles. The fourth-order valence-electron chi connectivity index (χ4n) is 5.42. The number of hydrogen-bond donors (Lipinski definition) is 1. The summed E-state index contributed by atoms with van der Waals surface area (Å²) in [5, 5.41) is 13.9. The van der Waals surface area contributed by atoms with Crippen LogP contribution in [-0.2, 0) is 4.74 Å². The van der Waals surface area contributed by atoms with E-state index >= 15 is 0 Å². The van der Waals surface area contributed by atoms with Crippen LogP contribution in [0.3, 0.4) is 0 Å². The Morgan fingerprint density at radius 1 is 1.19 bits per heavy atom. The summed E-state index contributed by atoms with van der Waals surface area (Å²) < 4.78 is 5.53. The van der Waals surface area contributed by atoms with Crippen LogP contribution in [0.15, 0.2) is 24.5 Å². The summed E-state index contributed by atoms with van der Waals surface area (Å²) in [6, 6.07) is 8.98. The molecule has 2 heterocycles. The van der Waals surface area contributed by atoms with Gasteiger partial charge in [0.2, 0.25) is 0 Å². The average molecular weight is 363 g/mol. The number of nitrogens with zero attached hydrogens (tertiary/aromatic N) is 4. The average Bonchev–Trinajstić information content (AvgIpc) is 3.40. The summed E-state index contributed by atoms with van der Waals surface area (Å²) in [5.74, 6) is 3.10. The molecule has 2 aromatic rings. The van der Waals surface area contributed by atoms with Crippen molar-refractivity contribution in [2.75, 3.05) is 31.6 Å². The number of benzene rings is 1. The van der Waals surface area contributed by atoms with Crippen LogP contribution in [0, 0.1) is 29.1 Å². The van der Waals surface area contributed by atoms with Gasteiger partial charge in [-0.2, -0.15) is 5.26 Å². The van der Waals surface area contributed by atoms with Crippen LogP contribution in [0.25, 0.3) is 10.9 Å². The highest BCUT2D eigenvalue weighted by Gasteiger charge is 2.58. The van der Waals surface area contributed by atoms with E-state index in [1.807, 2.05) is 18.2 Å². The van der Waals surface area contributed by atoms with Gasteiger partial charge >= 0.3 is 0 Å². The Labute approximate surface area is 159 Å². The van der Waals surface area contributed by atoms with Gasteiger partial charge in [0.05, 0.1) is 30.4 Å². The Bertz CT molecular complexity index is 888. The van der Waals surface area contributed by atoms with Crippen molar-refractivity contribution in [2.24, 2.45) is 17.8 Å². The molecule has 3 aliphatic rings. The molecule has 2 saturated carbocycles. The number of hydrogen-bond acceptors (Lipinski definition) is 6. The Morgan fingerprint density at radius 2 is 2.04 bits per heavy atom. The number of ether oxygens (including phenoxy) is 1. The normalized spacial score (nSPS) is 33.3. The van der Waals surface area contributed by atoms with Gasteiger partial charge in [0.1, 0.15) is 12.1 Å². The molecule has 1 aromatic carbocycles. The molecule has 6 nitrogen and oxygen atoms in total. The van der Waals surface area contributed by atoms with Gasteiger partial charge in [0, 0.05) is 30.6 Å². The van der Waals surface area contributed by atoms with Crippen molar-refractivity contribution in [3.63, 3.8) is 0 Å². The van der Waals surface area contributed by atoms with Gasteiger partial charge in [-0.25, -0.2) is 9.97 Å². The molecule has 5 rings (SSSR count). The van der Waals surface area contributed by atoms with Crippen molar-refractivity contribution >= 4 is 16.7 Å². The van der Waals surface area contributed by atoms with E-state index in [9.17, 15) is 5.26 Å². The third kappa shape index (κ3) is 2.95. The van der Waals surface area contributed by atoms with Crippen LogP contribution in [-0.4, -0.2) is 53.3 Å². The first-order valence-electron chi connectivity index (χ1n) is 9.99. The van der Waals surface area contributed by atoms with Crippen molar-refractivity contribution in [3.8, 4) is 6.07 Å². The molecule has 0 spiro atoms. The van der Waals surface area contributed by atoms with Gasteiger partial charge in [-0.15, -0.1) is 0 Å². The number of aromatic nitrogens is 2. The van der Waals surface area contributed by atoms with Crippen LogP contribution in [0.5, 0.6) is 0 Å². The fraction of sp³-hybridized carbons (Fsp3) is 0.571. The first-order chi connectivity index (χ1) is 13.3. The second-order valence-electron chi connectivity index (χ2n) is 8.12. The molecule has 2 unspecified atom stereocenters. The first-order valence-corrected chi connectivity index (χ1v) is 9.99. The molecule has 5 atom stereocenters. The quantitative estimate of drug-likeness (QED) is 0.904. The predicted molar refractivity (Wildman–Crippen MR) is 103 cm³/mol. The van der Waals surface area contributed by atoms with Crippen LogP contribution in [0.1, 0.15) is 25.3 Å². The summed E-state index contributed by atoms with van der Waals surface area (Å²) in [6.45, 7) is 6.29. The SMILES string of the molecule is C[C@H]1[C@H]2C(N3CCOCC3)CCC(Nc3ncnc4ccc(C#N)cc34)[C@@H]12. The smallest absolute Gasteiger partial charge is 0.137 e. The largest absolute Gasteiger partial charge is 0.379 e. The Hall–Kier alpha value is -2.23. The monoisotopic (exact) mass is 363 g/mol. The number of rotatable bonds is 3. The van der Waals surface area contributed by atoms with Crippen LogP contribution in [0.4, 0.5) is 5.82 Å². The molecule has 1 N–H and O–H groups in total. The Balaban J connectivity index is 1.36. The lowest BCUT2D eigenvalue weighted by atomic mass is 9.90. The van der Waals surface area contributed by atoms with E-state index < -0.39 is 0 Å². The standard InChI is InChI=1S/C21H25N5O/c1-13-19-17(4-5-18(20(13)19)26-6-8-27-9-7-26)25-21-15-10-14(11-22)2-3-16(15)23-12-24-21/h2-3,10,12-13,17-20H,4-9H2,1H3,(H,23,24,25)/t13-,17?,18?,19-,20+/m1/s1. The van der Waals surface area contributed by atoms with Crippen molar-refractivity contribution in [1.82, 2.24) is 14.9 Å². The highest BCUT2D eigenvalue weighted by atomic mass is 16.5. The third-order valence-electron chi connectivity index (χ3n) is 6.80. The van der Waals surface area contributed by atoms with E-state index in [0.717, 1.165) is 61.3 Å². The molecule has 0 bridgehead atoms. The lowest BCUT2D eigenvalue weighted by Crippen LogP contribution is -2.47. The topological polar surface area (TPSA) is 74.1 Å². The minimum atomic E-state index is 0.450. The molecule has 1 saturated heterocycles. The molecule has 0 amide bonds.